The van der Waals surface area contributed by atoms with Crippen molar-refractivity contribution in [3.63, 3.8) is 0 Å². The first kappa shape index (κ1) is 16.9. The van der Waals surface area contributed by atoms with Crippen LogP contribution in [0, 0.1) is 5.92 Å². The Morgan fingerprint density at radius 3 is 2.55 bits per heavy atom. The smallest absolute Gasteiger partial charge is 0.241 e. The molecule has 0 saturated carbocycles. The van der Waals surface area contributed by atoms with Gasteiger partial charge in [0, 0.05) is 18.9 Å². The molecular formula is C17H26N2O3. The van der Waals surface area contributed by atoms with Crippen molar-refractivity contribution in [2.24, 2.45) is 11.7 Å². The Morgan fingerprint density at radius 2 is 1.95 bits per heavy atom. The van der Waals surface area contributed by atoms with Crippen LogP contribution >= 0.6 is 0 Å². The highest BCUT2D eigenvalue weighted by atomic mass is 16.5. The highest BCUT2D eigenvalue weighted by Crippen LogP contribution is 2.19. The van der Waals surface area contributed by atoms with E-state index < -0.39 is 6.04 Å². The van der Waals surface area contributed by atoms with Crippen LogP contribution in [-0.4, -0.2) is 31.3 Å². The van der Waals surface area contributed by atoms with E-state index in [1.54, 1.807) is 0 Å². The maximum absolute atomic E-state index is 12.2. The Kier molecular flexibility index (Phi) is 6.36. The average Bonchev–Trinajstić information content (AvgIpc) is 2.54. The molecule has 1 aromatic rings. The van der Waals surface area contributed by atoms with E-state index in [9.17, 15) is 4.79 Å². The van der Waals surface area contributed by atoms with Crippen LogP contribution in [0.15, 0.2) is 24.3 Å². The zero-order valence-corrected chi connectivity index (χ0v) is 13.4. The van der Waals surface area contributed by atoms with Crippen LogP contribution in [0.3, 0.4) is 0 Å². The van der Waals surface area contributed by atoms with E-state index in [-0.39, 0.29) is 17.9 Å². The van der Waals surface area contributed by atoms with E-state index in [0.717, 1.165) is 24.1 Å². The van der Waals surface area contributed by atoms with Crippen molar-refractivity contribution in [3.8, 4) is 0 Å². The zero-order valence-electron chi connectivity index (χ0n) is 13.4. The lowest BCUT2D eigenvalue weighted by atomic mass is 9.92. The van der Waals surface area contributed by atoms with Crippen molar-refractivity contribution in [1.82, 2.24) is 0 Å². The number of anilines is 1. The molecule has 1 saturated heterocycles. The number of rotatable bonds is 6. The summed E-state index contributed by atoms with van der Waals surface area (Å²) < 4.78 is 10.8. The predicted molar refractivity (Wildman–Crippen MR) is 86.5 cm³/mol. The number of amides is 1. The van der Waals surface area contributed by atoms with E-state index >= 15 is 0 Å². The molecule has 0 aliphatic carbocycles. The molecule has 1 aliphatic heterocycles. The minimum atomic E-state index is -0.479. The van der Waals surface area contributed by atoms with Gasteiger partial charge in [-0.3, -0.25) is 4.79 Å². The fourth-order valence-electron chi connectivity index (χ4n) is 2.46. The van der Waals surface area contributed by atoms with Crippen LogP contribution in [0.2, 0.25) is 0 Å². The summed E-state index contributed by atoms with van der Waals surface area (Å²) in [7, 11) is 0. The van der Waals surface area contributed by atoms with Gasteiger partial charge >= 0.3 is 0 Å². The third-order valence-electron chi connectivity index (χ3n) is 3.88. The number of nitrogens with one attached hydrogen (secondary N) is 1. The highest BCUT2D eigenvalue weighted by molar-refractivity contribution is 5.94. The molecule has 5 nitrogen and oxygen atoms in total. The van der Waals surface area contributed by atoms with Crippen molar-refractivity contribution >= 4 is 11.6 Å². The topological polar surface area (TPSA) is 73.6 Å². The SMILES string of the molecule is CC(C)OCc1ccc(NC(=O)C(N)C2CCOCC2)cc1. The lowest BCUT2D eigenvalue weighted by Crippen LogP contribution is -2.43. The van der Waals surface area contributed by atoms with E-state index in [0.29, 0.717) is 19.8 Å². The van der Waals surface area contributed by atoms with Crippen LogP contribution in [-0.2, 0) is 20.9 Å². The van der Waals surface area contributed by atoms with Crippen LogP contribution in [0.5, 0.6) is 0 Å². The number of hydrogen-bond acceptors (Lipinski definition) is 4. The van der Waals surface area contributed by atoms with Crippen LogP contribution in [0.25, 0.3) is 0 Å². The second-order valence-corrected chi connectivity index (χ2v) is 6.02. The molecule has 1 heterocycles. The third-order valence-corrected chi connectivity index (χ3v) is 3.88. The number of carbonyl (C=O) groups excluding carboxylic acids is 1. The van der Waals surface area contributed by atoms with Gasteiger partial charge in [-0.25, -0.2) is 0 Å². The highest BCUT2D eigenvalue weighted by Gasteiger charge is 2.26. The van der Waals surface area contributed by atoms with Gasteiger partial charge in [0.15, 0.2) is 0 Å². The first-order chi connectivity index (χ1) is 10.6. The molecule has 2 rings (SSSR count). The Bertz CT molecular complexity index is 467. The Labute approximate surface area is 132 Å². The van der Waals surface area contributed by atoms with Gasteiger partial charge in [-0.1, -0.05) is 12.1 Å². The van der Waals surface area contributed by atoms with E-state index in [1.807, 2.05) is 38.1 Å². The summed E-state index contributed by atoms with van der Waals surface area (Å²) in [5.74, 6) is 0.0746. The van der Waals surface area contributed by atoms with Crippen LogP contribution in [0.4, 0.5) is 5.69 Å². The normalized spacial score (nSPS) is 17.5. The molecule has 1 atom stereocenters. The van der Waals surface area contributed by atoms with Gasteiger partial charge in [0.25, 0.3) is 0 Å². The molecule has 1 unspecified atom stereocenters. The fraction of sp³-hybridized carbons (Fsp3) is 0.588. The lowest BCUT2D eigenvalue weighted by molar-refractivity contribution is -0.119. The van der Waals surface area contributed by atoms with Gasteiger partial charge < -0.3 is 20.5 Å². The molecule has 1 aromatic carbocycles. The van der Waals surface area contributed by atoms with Gasteiger partial charge in [0.1, 0.15) is 0 Å². The standard InChI is InChI=1S/C17H26N2O3/c1-12(2)22-11-13-3-5-15(6-4-13)19-17(20)16(18)14-7-9-21-10-8-14/h3-6,12,14,16H,7-11,18H2,1-2H3,(H,19,20). The maximum Gasteiger partial charge on any atom is 0.241 e. The summed E-state index contributed by atoms with van der Waals surface area (Å²) in [5, 5.41) is 2.89. The predicted octanol–water partition coefficient (Wildman–Crippen LogP) is 2.30. The first-order valence-corrected chi connectivity index (χ1v) is 7.91. The quantitative estimate of drug-likeness (QED) is 0.846. The molecule has 22 heavy (non-hydrogen) atoms. The minimum Gasteiger partial charge on any atom is -0.381 e. The molecular weight excluding hydrogens is 280 g/mol. The van der Waals surface area contributed by atoms with Gasteiger partial charge in [0.05, 0.1) is 18.8 Å². The fourth-order valence-corrected chi connectivity index (χ4v) is 2.46. The summed E-state index contributed by atoms with van der Waals surface area (Å²) in [6.45, 7) is 5.97. The molecule has 1 fully saturated rings. The molecule has 0 bridgehead atoms. The van der Waals surface area contributed by atoms with Crippen molar-refractivity contribution in [3.05, 3.63) is 29.8 Å². The molecule has 5 heteroatoms. The summed E-state index contributed by atoms with van der Waals surface area (Å²) in [6.07, 6.45) is 1.90. The number of hydrogen-bond donors (Lipinski definition) is 2. The summed E-state index contributed by atoms with van der Waals surface area (Å²) in [5.41, 5.74) is 7.91. The average molecular weight is 306 g/mol. The molecule has 1 amide bonds. The maximum atomic E-state index is 12.2. The zero-order chi connectivity index (χ0) is 15.9. The second-order valence-electron chi connectivity index (χ2n) is 6.02. The van der Waals surface area contributed by atoms with Gasteiger partial charge in [0.2, 0.25) is 5.91 Å². The van der Waals surface area contributed by atoms with Crippen molar-refractivity contribution in [2.75, 3.05) is 18.5 Å². The van der Waals surface area contributed by atoms with Gasteiger partial charge in [-0.2, -0.15) is 0 Å². The van der Waals surface area contributed by atoms with Crippen LogP contribution in [0.1, 0.15) is 32.3 Å². The Morgan fingerprint density at radius 1 is 1.32 bits per heavy atom. The number of nitrogens with two attached hydrogens (primary N) is 1. The van der Waals surface area contributed by atoms with Crippen molar-refractivity contribution in [2.45, 2.75) is 45.4 Å². The third kappa shape index (κ3) is 5.09. The van der Waals surface area contributed by atoms with E-state index in [2.05, 4.69) is 5.32 Å². The lowest BCUT2D eigenvalue weighted by Gasteiger charge is -2.26. The molecule has 0 radical (unpaired) electrons. The largest absolute Gasteiger partial charge is 0.381 e. The number of benzene rings is 1. The van der Waals surface area contributed by atoms with Crippen molar-refractivity contribution < 1.29 is 14.3 Å². The van der Waals surface area contributed by atoms with E-state index in [4.69, 9.17) is 15.2 Å². The minimum absolute atomic E-state index is 0.127. The molecule has 3 N–H and O–H groups in total. The van der Waals surface area contributed by atoms with Gasteiger partial charge in [-0.15, -0.1) is 0 Å². The van der Waals surface area contributed by atoms with Crippen LogP contribution < -0.4 is 11.1 Å². The molecule has 0 aromatic heterocycles. The Balaban J connectivity index is 1.85. The molecule has 1 aliphatic rings. The number of carbonyl (C=O) groups is 1. The van der Waals surface area contributed by atoms with E-state index in [1.165, 1.54) is 0 Å². The first-order valence-electron chi connectivity index (χ1n) is 7.91. The number of ether oxygens (including phenoxy) is 2. The van der Waals surface area contributed by atoms with Crippen molar-refractivity contribution in [1.29, 1.82) is 0 Å². The molecule has 122 valence electrons. The second kappa shape index (κ2) is 8.27. The summed E-state index contributed by atoms with van der Waals surface area (Å²) in [6, 6.07) is 7.20. The summed E-state index contributed by atoms with van der Waals surface area (Å²) >= 11 is 0. The summed E-state index contributed by atoms with van der Waals surface area (Å²) in [4.78, 5) is 12.2. The Hall–Kier alpha value is -1.43. The van der Waals surface area contributed by atoms with Gasteiger partial charge in [-0.05, 0) is 50.3 Å². The monoisotopic (exact) mass is 306 g/mol. The molecule has 0 spiro atoms.